The van der Waals surface area contributed by atoms with Gasteiger partial charge in [-0.05, 0) is 23.8 Å². The van der Waals surface area contributed by atoms with E-state index < -0.39 is 23.4 Å². The molecule has 0 aliphatic carbocycles. The van der Waals surface area contributed by atoms with Crippen LogP contribution in [-0.4, -0.2) is 11.0 Å². The van der Waals surface area contributed by atoms with Gasteiger partial charge in [0.15, 0.2) is 11.2 Å². The van der Waals surface area contributed by atoms with Crippen molar-refractivity contribution in [3.8, 4) is 11.8 Å². The predicted octanol–water partition coefficient (Wildman–Crippen LogP) is 2.81. The first-order valence-electron chi connectivity index (χ1n) is 9.94. The van der Waals surface area contributed by atoms with Crippen molar-refractivity contribution in [2.24, 2.45) is 5.73 Å². The summed E-state index contributed by atoms with van der Waals surface area (Å²) in [5, 5.41) is 19.7. The van der Waals surface area contributed by atoms with Gasteiger partial charge in [0, 0.05) is 21.8 Å². The quantitative estimate of drug-likeness (QED) is 0.559. The van der Waals surface area contributed by atoms with E-state index in [-0.39, 0.29) is 35.3 Å². The average Bonchev–Trinajstić information content (AvgIpc) is 3.04. The van der Waals surface area contributed by atoms with E-state index in [2.05, 4.69) is 15.9 Å². The number of amides is 1. The highest BCUT2D eigenvalue weighted by molar-refractivity contribution is 9.10. The van der Waals surface area contributed by atoms with E-state index in [0.717, 1.165) is 16.1 Å². The van der Waals surface area contributed by atoms with E-state index in [4.69, 9.17) is 14.9 Å². The molecular formula is C24H16BrN3O5. The maximum Gasteiger partial charge on any atom is 0.251 e. The van der Waals surface area contributed by atoms with Gasteiger partial charge >= 0.3 is 0 Å². The van der Waals surface area contributed by atoms with Crippen LogP contribution in [0, 0.1) is 11.3 Å². The third-order valence-electron chi connectivity index (χ3n) is 5.79. The third kappa shape index (κ3) is 2.92. The number of ether oxygens (including phenoxy) is 1. The van der Waals surface area contributed by atoms with Crippen molar-refractivity contribution in [1.82, 2.24) is 0 Å². The fourth-order valence-corrected chi connectivity index (χ4v) is 4.89. The largest absolute Gasteiger partial charge is 0.457 e. The second-order valence-electron chi connectivity index (χ2n) is 7.63. The molecule has 3 heterocycles. The van der Waals surface area contributed by atoms with Crippen molar-refractivity contribution < 1.29 is 19.1 Å². The van der Waals surface area contributed by atoms with Gasteiger partial charge in [0.25, 0.3) is 5.91 Å². The average molecular weight is 506 g/mol. The molecule has 3 N–H and O–H groups in total. The smallest absolute Gasteiger partial charge is 0.251 e. The standard InChI is InChI=1S/C24H16BrN3O5/c25-14-5-3-4-13(8-14)11-28-18-7-2-1-6-16(18)24(23(28)31)17(10-26)22(27)33-20-19(30)9-15(12-29)32-21(20)24/h1-9,29H,11-12,27H2. The van der Waals surface area contributed by atoms with Gasteiger partial charge in [0.05, 0.1) is 6.54 Å². The molecule has 1 aromatic heterocycles. The molecule has 1 unspecified atom stereocenters. The number of carbonyl (C=O) groups excluding carboxylic acids is 1. The molecule has 164 valence electrons. The fourth-order valence-electron chi connectivity index (χ4n) is 4.44. The summed E-state index contributed by atoms with van der Waals surface area (Å²) in [6, 6.07) is 17.5. The Labute approximate surface area is 196 Å². The summed E-state index contributed by atoms with van der Waals surface area (Å²) in [6.45, 7) is -0.368. The fraction of sp³-hybridized carbons (Fsp3) is 0.125. The first-order valence-corrected chi connectivity index (χ1v) is 10.7. The second-order valence-corrected chi connectivity index (χ2v) is 8.55. The van der Waals surface area contributed by atoms with Gasteiger partial charge < -0.3 is 24.9 Å². The topological polar surface area (TPSA) is 130 Å². The molecule has 0 saturated carbocycles. The van der Waals surface area contributed by atoms with Crippen LogP contribution in [0.1, 0.15) is 22.6 Å². The molecule has 1 atom stereocenters. The van der Waals surface area contributed by atoms with Crippen LogP contribution in [-0.2, 0) is 23.4 Å². The van der Waals surface area contributed by atoms with E-state index in [1.54, 1.807) is 24.3 Å². The van der Waals surface area contributed by atoms with Gasteiger partial charge in [0.1, 0.15) is 24.0 Å². The van der Waals surface area contributed by atoms with E-state index >= 15 is 0 Å². The van der Waals surface area contributed by atoms with Gasteiger partial charge in [-0.15, -0.1) is 0 Å². The Morgan fingerprint density at radius 1 is 1.15 bits per heavy atom. The van der Waals surface area contributed by atoms with Gasteiger partial charge in [0.2, 0.25) is 17.1 Å². The molecule has 1 amide bonds. The molecule has 3 aromatic rings. The Morgan fingerprint density at radius 2 is 1.94 bits per heavy atom. The van der Waals surface area contributed by atoms with E-state index in [0.29, 0.717) is 11.3 Å². The van der Waals surface area contributed by atoms with Crippen molar-refractivity contribution in [3.05, 3.63) is 103 Å². The van der Waals surface area contributed by atoms with Crippen molar-refractivity contribution >= 4 is 27.5 Å². The number of aliphatic hydroxyl groups excluding tert-OH is 1. The number of carbonyl (C=O) groups is 1. The number of hydrogen-bond donors (Lipinski definition) is 2. The zero-order chi connectivity index (χ0) is 23.3. The van der Waals surface area contributed by atoms with Crippen LogP contribution >= 0.6 is 15.9 Å². The molecule has 33 heavy (non-hydrogen) atoms. The number of rotatable bonds is 3. The molecule has 5 rings (SSSR count). The number of nitrogens with two attached hydrogens (primary N) is 1. The minimum atomic E-state index is -1.82. The molecular weight excluding hydrogens is 490 g/mol. The Morgan fingerprint density at radius 3 is 2.67 bits per heavy atom. The lowest BCUT2D eigenvalue weighted by molar-refractivity contribution is -0.121. The SMILES string of the molecule is N#CC1=C(N)Oc2c(oc(CO)cc2=O)C12C(=O)N(Cc1cccc(Br)c1)c1ccccc12. The minimum Gasteiger partial charge on any atom is -0.457 e. The monoisotopic (exact) mass is 505 g/mol. The number of nitrogens with zero attached hydrogens (tertiary/aromatic N) is 2. The summed E-state index contributed by atoms with van der Waals surface area (Å²) in [4.78, 5) is 28.5. The van der Waals surface area contributed by atoms with Crippen molar-refractivity contribution in [1.29, 1.82) is 5.26 Å². The maximum absolute atomic E-state index is 14.2. The first-order chi connectivity index (χ1) is 15.9. The predicted molar refractivity (Wildman–Crippen MR) is 121 cm³/mol. The molecule has 0 saturated heterocycles. The lowest BCUT2D eigenvalue weighted by Crippen LogP contribution is -2.46. The number of nitriles is 1. The first kappa shape index (κ1) is 21.0. The van der Waals surface area contributed by atoms with E-state index in [1.807, 2.05) is 30.3 Å². The molecule has 8 nitrogen and oxygen atoms in total. The summed E-state index contributed by atoms with van der Waals surface area (Å²) < 4.78 is 12.1. The third-order valence-corrected chi connectivity index (χ3v) is 6.28. The van der Waals surface area contributed by atoms with Crippen molar-refractivity contribution in [2.45, 2.75) is 18.6 Å². The number of fused-ring (bicyclic) bond motifs is 4. The summed E-state index contributed by atoms with van der Waals surface area (Å²) >= 11 is 3.44. The summed E-state index contributed by atoms with van der Waals surface area (Å²) in [5.41, 5.74) is 5.28. The van der Waals surface area contributed by atoms with Crippen LogP contribution in [0.5, 0.6) is 5.75 Å². The Balaban J connectivity index is 1.82. The van der Waals surface area contributed by atoms with Gasteiger partial charge in [-0.1, -0.05) is 46.3 Å². The Bertz CT molecular complexity index is 1450. The number of para-hydroxylation sites is 1. The molecule has 9 heteroatoms. The number of aliphatic hydroxyl groups is 1. The molecule has 2 aromatic carbocycles. The lowest BCUT2D eigenvalue weighted by Gasteiger charge is -2.32. The van der Waals surface area contributed by atoms with Crippen LogP contribution in [0.15, 0.2) is 79.7 Å². The number of anilines is 1. The van der Waals surface area contributed by atoms with Gasteiger partial charge in [-0.2, -0.15) is 5.26 Å². The van der Waals surface area contributed by atoms with E-state index in [9.17, 15) is 20.0 Å². The van der Waals surface area contributed by atoms with E-state index in [1.165, 1.54) is 4.90 Å². The van der Waals surface area contributed by atoms with Crippen molar-refractivity contribution in [3.63, 3.8) is 0 Å². The molecule has 0 radical (unpaired) electrons. The number of halogens is 1. The van der Waals surface area contributed by atoms with Crippen LogP contribution < -0.4 is 20.8 Å². The molecule has 1 spiro atoms. The van der Waals surface area contributed by atoms with Crippen molar-refractivity contribution in [2.75, 3.05) is 4.90 Å². The molecule has 2 aliphatic rings. The second kappa shape index (κ2) is 7.62. The molecule has 0 bridgehead atoms. The summed E-state index contributed by atoms with van der Waals surface area (Å²) in [5.74, 6) is -1.36. The van der Waals surface area contributed by atoms with Crippen LogP contribution in [0.3, 0.4) is 0 Å². The maximum atomic E-state index is 14.2. The molecule has 0 fully saturated rings. The van der Waals surface area contributed by atoms with Gasteiger partial charge in [-0.3, -0.25) is 9.59 Å². The summed E-state index contributed by atoms with van der Waals surface area (Å²) in [6.07, 6.45) is 0. The lowest BCUT2D eigenvalue weighted by atomic mass is 9.72. The zero-order valence-corrected chi connectivity index (χ0v) is 18.6. The highest BCUT2D eigenvalue weighted by Crippen LogP contribution is 2.54. The zero-order valence-electron chi connectivity index (χ0n) is 17.0. The Kier molecular flexibility index (Phi) is 4.85. The minimum absolute atomic E-state index is 0.0600. The van der Waals surface area contributed by atoms with Crippen LogP contribution in [0.2, 0.25) is 0 Å². The summed E-state index contributed by atoms with van der Waals surface area (Å²) in [7, 11) is 0. The highest BCUT2D eigenvalue weighted by atomic mass is 79.9. The normalized spacial score (nSPS) is 18.7. The van der Waals surface area contributed by atoms with Crippen LogP contribution in [0.4, 0.5) is 5.69 Å². The molecule has 2 aliphatic heterocycles. The number of hydrogen-bond acceptors (Lipinski definition) is 7. The Hall–Kier alpha value is -3.87. The number of benzene rings is 2. The van der Waals surface area contributed by atoms with Crippen LogP contribution in [0.25, 0.3) is 0 Å². The van der Waals surface area contributed by atoms with Gasteiger partial charge in [-0.25, -0.2) is 0 Å². The highest BCUT2D eigenvalue weighted by Gasteiger charge is 2.61.